The highest BCUT2D eigenvalue weighted by molar-refractivity contribution is 6.33. The Morgan fingerprint density at radius 1 is 1.53 bits per heavy atom. The molecule has 1 fully saturated rings. The lowest BCUT2D eigenvalue weighted by atomic mass is 9.86. The summed E-state index contributed by atoms with van der Waals surface area (Å²) in [6.45, 7) is 2.26. The molecule has 0 radical (unpaired) electrons. The first kappa shape index (κ1) is 14.1. The molecular weight excluding hydrogens is 264 g/mol. The Labute approximate surface area is 118 Å². The number of anilines is 1. The van der Waals surface area contributed by atoms with Gasteiger partial charge >= 0.3 is 5.97 Å². The van der Waals surface area contributed by atoms with Gasteiger partial charge < -0.3 is 10.0 Å². The molecule has 5 heteroatoms. The summed E-state index contributed by atoms with van der Waals surface area (Å²) in [7, 11) is 1.98. The molecule has 1 heterocycles. The van der Waals surface area contributed by atoms with E-state index in [2.05, 4.69) is 16.8 Å². The number of hydrogen-bond acceptors (Lipinski definition) is 3. The fourth-order valence-corrected chi connectivity index (χ4v) is 2.91. The van der Waals surface area contributed by atoms with Gasteiger partial charge in [0.2, 0.25) is 0 Å². The molecule has 2 unspecified atom stereocenters. The second kappa shape index (κ2) is 5.78. The van der Waals surface area contributed by atoms with Crippen LogP contribution in [0.25, 0.3) is 0 Å². The van der Waals surface area contributed by atoms with Crippen molar-refractivity contribution < 1.29 is 9.90 Å². The van der Waals surface area contributed by atoms with Crippen LogP contribution in [0.15, 0.2) is 12.3 Å². The van der Waals surface area contributed by atoms with Gasteiger partial charge in [-0.05, 0) is 24.8 Å². The molecule has 2 rings (SSSR count). The van der Waals surface area contributed by atoms with E-state index in [1.165, 1.54) is 19.0 Å². The van der Waals surface area contributed by atoms with Gasteiger partial charge in [0.25, 0.3) is 0 Å². The first-order chi connectivity index (χ1) is 8.99. The maximum absolute atomic E-state index is 11.1. The Kier molecular flexibility index (Phi) is 4.30. The Morgan fingerprint density at radius 3 is 2.89 bits per heavy atom. The maximum Gasteiger partial charge on any atom is 0.337 e. The molecule has 0 saturated heterocycles. The molecule has 0 aliphatic heterocycles. The topological polar surface area (TPSA) is 53.4 Å². The molecule has 2 atom stereocenters. The smallest absolute Gasteiger partial charge is 0.337 e. The summed E-state index contributed by atoms with van der Waals surface area (Å²) in [6.07, 6.45) is 6.17. The van der Waals surface area contributed by atoms with Crippen molar-refractivity contribution in [2.45, 2.75) is 38.6 Å². The minimum Gasteiger partial charge on any atom is -0.478 e. The normalized spacial score (nSPS) is 23.1. The van der Waals surface area contributed by atoms with Crippen LogP contribution >= 0.6 is 11.6 Å². The number of halogens is 1. The minimum absolute atomic E-state index is 0.113. The van der Waals surface area contributed by atoms with Gasteiger partial charge in [-0.2, -0.15) is 0 Å². The molecule has 1 aliphatic rings. The first-order valence-corrected chi connectivity index (χ1v) is 6.98. The van der Waals surface area contributed by atoms with Crippen LogP contribution in [0.3, 0.4) is 0 Å². The van der Waals surface area contributed by atoms with E-state index < -0.39 is 5.97 Å². The van der Waals surface area contributed by atoms with E-state index in [4.69, 9.17) is 16.7 Å². The van der Waals surface area contributed by atoms with Gasteiger partial charge in [-0.3, -0.25) is 0 Å². The van der Waals surface area contributed by atoms with E-state index in [1.54, 1.807) is 6.07 Å². The lowest BCUT2D eigenvalue weighted by Crippen LogP contribution is -2.36. The van der Waals surface area contributed by atoms with Crippen LogP contribution < -0.4 is 4.90 Å². The molecule has 1 aromatic heterocycles. The quantitative estimate of drug-likeness (QED) is 0.922. The minimum atomic E-state index is -1.01. The number of hydrogen-bond donors (Lipinski definition) is 1. The lowest BCUT2D eigenvalue weighted by Gasteiger charge is -2.35. The van der Waals surface area contributed by atoms with Crippen molar-refractivity contribution in [2.75, 3.05) is 11.9 Å². The van der Waals surface area contributed by atoms with Crippen molar-refractivity contribution in [3.05, 3.63) is 22.8 Å². The third kappa shape index (κ3) is 3.18. The summed E-state index contributed by atoms with van der Waals surface area (Å²) in [5, 5.41) is 9.28. The third-order valence-corrected chi connectivity index (χ3v) is 4.19. The highest BCUT2D eigenvalue weighted by atomic mass is 35.5. The van der Waals surface area contributed by atoms with Crippen molar-refractivity contribution in [2.24, 2.45) is 5.92 Å². The summed E-state index contributed by atoms with van der Waals surface area (Å²) in [4.78, 5) is 17.4. The van der Waals surface area contributed by atoms with Crippen LogP contribution in [-0.4, -0.2) is 29.1 Å². The van der Waals surface area contributed by atoms with Crippen molar-refractivity contribution in [1.29, 1.82) is 0 Å². The zero-order valence-corrected chi connectivity index (χ0v) is 12.0. The summed E-state index contributed by atoms with van der Waals surface area (Å²) in [6, 6.07) is 1.99. The molecule has 19 heavy (non-hydrogen) atoms. The average Bonchev–Trinajstić information content (AvgIpc) is 2.38. The molecule has 1 aliphatic carbocycles. The van der Waals surface area contributed by atoms with Crippen LogP contribution in [0.1, 0.15) is 43.0 Å². The van der Waals surface area contributed by atoms with Crippen LogP contribution in [0, 0.1) is 5.92 Å². The molecule has 4 nitrogen and oxygen atoms in total. The van der Waals surface area contributed by atoms with E-state index in [0.29, 0.717) is 17.8 Å². The van der Waals surface area contributed by atoms with E-state index >= 15 is 0 Å². The van der Waals surface area contributed by atoms with Crippen LogP contribution in [0.5, 0.6) is 0 Å². The Morgan fingerprint density at radius 2 is 2.26 bits per heavy atom. The van der Waals surface area contributed by atoms with E-state index in [1.807, 2.05) is 7.05 Å². The van der Waals surface area contributed by atoms with E-state index in [0.717, 1.165) is 12.8 Å². The van der Waals surface area contributed by atoms with Gasteiger partial charge in [0.15, 0.2) is 0 Å². The highest BCUT2D eigenvalue weighted by Gasteiger charge is 2.24. The number of carbonyl (C=O) groups is 1. The summed E-state index contributed by atoms with van der Waals surface area (Å²) >= 11 is 5.84. The van der Waals surface area contributed by atoms with Crippen LogP contribution in [0.2, 0.25) is 5.02 Å². The fourth-order valence-electron chi connectivity index (χ4n) is 2.73. The second-order valence-electron chi connectivity index (χ2n) is 5.36. The van der Waals surface area contributed by atoms with E-state index in [-0.39, 0.29) is 10.6 Å². The molecule has 0 amide bonds. The Hall–Kier alpha value is -1.29. The number of aromatic carboxylic acids is 1. The zero-order valence-electron chi connectivity index (χ0n) is 11.3. The van der Waals surface area contributed by atoms with Crippen molar-refractivity contribution in [3.63, 3.8) is 0 Å². The Bertz CT molecular complexity index is 479. The number of rotatable bonds is 3. The Balaban J connectivity index is 2.21. The number of aromatic nitrogens is 1. The predicted octanol–water partition coefficient (Wildman–Crippen LogP) is 3.45. The van der Waals surface area contributed by atoms with Crippen molar-refractivity contribution >= 4 is 23.4 Å². The number of pyridine rings is 1. The predicted molar refractivity (Wildman–Crippen MR) is 76.0 cm³/mol. The van der Waals surface area contributed by atoms with Gasteiger partial charge in [-0.25, -0.2) is 9.78 Å². The van der Waals surface area contributed by atoms with Gasteiger partial charge in [-0.1, -0.05) is 31.4 Å². The average molecular weight is 283 g/mol. The maximum atomic E-state index is 11.1. The third-order valence-electron chi connectivity index (χ3n) is 3.89. The molecule has 1 aromatic rings. The fraction of sp³-hybridized carbons (Fsp3) is 0.571. The number of carboxylic acids is 1. The van der Waals surface area contributed by atoms with Crippen LogP contribution in [0.4, 0.5) is 5.82 Å². The first-order valence-electron chi connectivity index (χ1n) is 6.60. The number of nitrogens with zero attached hydrogens (tertiary/aromatic N) is 2. The van der Waals surface area contributed by atoms with Gasteiger partial charge in [0.05, 0.1) is 10.6 Å². The second-order valence-corrected chi connectivity index (χ2v) is 5.77. The largest absolute Gasteiger partial charge is 0.478 e. The monoisotopic (exact) mass is 282 g/mol. The van der Waals surface area contributed by atoms with Gasteiger partial charge in [0.1, 0.15) is 5.82 Å². The molecule has 1 N–H and O–H groups in total. The summed E-state index contributed by atoms with van der Waals surface area (Å²) < 4.78 is 0. The van der Waals surface area contributed by atoms with Crippen molar-refractivity contribution in [1.82, 2.24) is 4.98 Å². The molecule has 0 bridgehead atoms. The van der Waals surface area contributed by atoms with Crippen molar-refractivity contribution in [3.8, 4) is 0 Å². The zero-order chi connectivity index (χ0) is 14.0. The SMILES string of the molecule is CC1CCCC(N(C)c2cc(C(=O)O)c(Cl)cn2)C1. The summed E-state index contributed by atoms with van der Waals surface area (Å²) in [5.41, 5.74) is 0.113. The molecule has 104 valence electrons. The van der Waals surface area contributed by atoms with E-state index in [9.17, 15) is 4.79 Å². The molecule has 1 saturated carbocycles. The standard InChI is InChI=1S/C14H19ClN2O2/c1-9-4-3-5-10(6-9)17(2)13-7-11(14(18)19)12(15)8-16-13/h7-10H,3-6H2,1-2H3,(H,18,19). The van der Waals surface area contributed by atoms with Gasteiger partial charge in [-0.15, -0.1) is 0 Å². The van der Waals surface area contributed by atoms with Crippen LogP contribution in [-0.2, 0) is 0 Å². The summed E-state index contributed by atoms with van der Waals surface area (Å²) in [5.74, 6) is 0.382. The number of carboxylic acid groups (broad SMARTS) is 1. The molecule has 0 spiro atoms. The molecular formula is C14H19ClN2O2. The lowest BCUT2D eigenvalue weighted by molar-refractivity contribution is 0.0697. The highest BCUT2D eigenvalue weighted by Crippen LogP contribution is 2.30. The molecule has 0 aromatic carbocycles. The van der Waals surface area contributed by atoms with Gasteiger partial charge in [0, 0.05) is 19.3 Å².